The molecule has 478 valence electrons. The Morgan fingerprint density at radius 2 is 1.69 bits per heavy atom. The van der Waals surface area contributed by atoms with Crippen LogP contribution in [0, 0.1) is 33.3 Å². The van der Waals surface area contributed by atoms with Gasteiger partial charge in [0.15, 0.2) is 0 Å². The third-order valence-corrected chi connectivity index (χ3v) is 20.1. The summed E-state index contributed by atoms with van der Waals surface area (Å²) in [6.45, 7) is 14.0. The largest absolute Gasteiger partial charge is 0.455 e. The summed E-state index contributed by atoms with van der Waals surface area (Å²) < 4.78 is 36.5. The lowest BCUT2D eigenvalue weighted by Crippen LogP contribution is -2.52. The van der Waals surface area contributed by atoms with Gasteiger partial charge in [-0.25, -0.2) is 18.1 Å². The predicted octanol–water partition coefficient (Wildman–Crippen LogP) is 10.6. The second-order valence-electron chi connectivity index (χ2n) is 25.6. The number of H-pyrrole nitrogens is 1. The van der Waals surface area contributed by atoms with E-state index in [0.717, 1.165) is 150 Å². The number of imide groups is 1. The molecule has 20 nitrogen and oxygen atoms in total. The van der Waals surface area contributed by atoms with E-state index in [4.69, 9.17) is 16.3 Å². The third kappa shape index (κ3) is 16.0. The number of carbonyl (C=O) groups excluding carboxylic acids is 4. The van der Waals surface area contributed by atoms with Crippen LogP contribution in [0.5, 0.6) is 11.5 Å². The SMILES string of the molecule is CN(CCCCCCC#Cc1cccc2c1CN(C1CCC(=O)NC1=O)C2=O)CCN1CCC(CNc2ccc(S(=O)(=O)NC(=O)c3ccc(N4CCN(CC5=C(c6ccc(Cl)cc6)CC(C)(C)CC5)CC4)cc3Oc3cnc4[nH]ccc4c3)cc2[N+](=O)[O-])CC1. The monoisotopic (exact) mass is 1270 g/mol. The maximum absolute atomic E-state index is 14.2. The summed E-state index contributed by atoms with van der Waals surface area (Å²) in [5.41, 5.74) is 7.69. The molecule has 6 heterocycles. The number of benzene rings is 4. The smallest absolute Gasteiger partial charge is 0.293 e. The minimum absolute atomic E-state index is 0.0467. The summed E-state index contributed by atoms with van der Waals surface area (Å²) in [6, 6.07) is 25.4. The van der Waals surface area contributed by atoms with Crippen LogP contribution in [0.15, 0.2) is 114 Å². The minimum Gasteiger partial charge on any atom is -0.455 e. The number of rotatable bonds is 23. The van der Waals surface area contributed by atoms with E-state index in [0.29, 0.717) is 49.6 Å². The van der Waals surface area contributed by atoms with Crippen molar-refractivity contribution in [3.8, 4) is 23.3 Å². The van der Waals surface area contributed by atoms with Crippen molar-refractivity contribution in [1.29, 1.82) is 0 Å². The summed E-state index contributed by atoms with van der Waals surface area (Å²) in [4.78, 5) is 81.6. The number of nitro groups is 1. The minimum atomic E-state index is -4.62. The Labute approximate surface area is 537 Å². The van der Waals surface area contributed by atoms with E-state index in [2.05, 4.69) is 89.8 Å². The van der Waals surface area contributed by atoms with E-state index in [1.54, 1.807) is 41.4 Å². The van der Waals surface area contributed by atoms with Crippen molar-refractivity contribution in [3.05, 3.63) is 152 Å². The number of allylic oxidation sites excluding steroid dienone is 1. The van der Waals surface area contributed by atoms with Gasteiger partial charge < -0.3 is 34.6 Å². The number of halogens is 1. The van der Waals surface area contributed by atoms with Crippen LogP contribution in [0.2, 0.25) is 5.02 Å². The molecule has 3 fully saturated rings. The fourth-order valence-electron chi connectivity index (χ4n) is 13.1. The Bertz CT molecular complexity index is 3920. The quantitative estimate of drug-likeness (QED) is 0.0153. The zero-order chi connectivity index (χ0) is 63.8. The Kier molecular flexibility index (Phi) is 20.2. The van der Waals surface area contributed by atoms with Crippen molar-refractivity contribution in [2.75, 3.05) is 89.3 Å². The molecule has 91 heavy (non-hydrogen) atoms. The van der Waals surface area contributed by atoms with Gasteiger partial charge in [-0.05, 0) is 167 Å². The lowest BCUT2D eigenvalue weighted by molar-refractivity contribution is -0.384. The molecule has 1 unspecified atom stereocenters. The number of likely N-dealkylation sites (tertiary alicyclic amines) is 1. The van der Waals surface area contributed by atoms with Gasteiger partial charge in [-0.2, -0.15) is 0 Å². The molecule has 4 aromatic carbocycles. The standard InChI is InChI=1S/C69H80ClN11O9S/c1-69(2)28-24-51(58(42-69)49-14-16-52(70)17-15-49)45-78-35-37-79(38-36-78)53-18-20-57(63(40-53)90-54-39-50-25-29-71-65(50)73-44-54)66(83)75-91(88,89)55-19-21-60(62(41-55)81(86)87)72-43-47-26-31-77(32-27-47)34-33-76(3)30-9-7-5-4-6-8-11-48-12-10-13-56-59(48)46-80(68(56)85)61-22-23-64(82)74-67(61)84/h10,12-21,25,29,39-41,44,47,61,72H,4-7,9,22-24,26-28,30-38,42-43,45-46H2,1-3H3,(H,71,73)(H,75,83)(H,74,82,84). The van der Waals surface area contributed by atoms with Crippen LogP contribution in [-0.2, 0) is 26.2 Å². The van der Waals surface area contributed by atoms with Gasteiger partial charge in [0.1, 0.15) is 28.9 Å². The van der Waals surface area contributed by atoms with Crippen molar-refractivity contribution in [3.63, 3.8) is 0 Å². The van der Waals surface area contributed by atoms with Crippen LogP contribution >= 0.6 is 11.6 Å². The first-order chi connectivity index (χ1) is 43.8. The van der Waals surface area contributed by atoms with Gasteiger partial charge in [-0.1, -0.05) is 73.9 Å². The zero-order valence-electron chi connectivity index (χ0n) is 52.0. The number of ether oxygens (including phenoxy) is 1. The van der Waals surface area contributed by atoms with Crippen molar-refractivity contribution >= 4 is 78.9 Å². The molecule has 0 bridgehead atoms. The molecule has 22 heteroatoms. The lowest BCUT2D eigenvalue weighted by Gasteiger charge is -2.39. The molecule has 4 amide bonds. The number of piperidine rings is 2. The Morgan fingerprint density at radius 1 is 0.901 bits per heavy atom. The van der Waals surface area contributed by atoms with E-state index >= 15 is 0 Å². The van der Waals surface area contributed by atoms with Crippen LogP contribution in [0.25, 0.3) is 16.6 Å². The number of aromatic amines is 1. The Balaban J connectivity index is 0.631. The van der Waals surface area contributed by atoms with E-state index in [9.17, 15) is 37.7 Å². The number of nitrogens with one attached hydrogen (secondary N) is 4. The molecular formula is C69H80ClN11O9S. The highest BCUT2D eigenvalue weighted by Gasteiger charge is 2.40. The zero-order valence-corrected chi connectivity index (χ0v) is 53.6. The maximum Gasteiger partial charge on any atom is 0.293 e. The molecular weight excluding hydrogens is 1190 g/mol. The number of likely N-dealkylation sites (N-methyl/N-ethyl adjacent to an activating group) is 1. The number of sulfonamides is 1. The van der Waals surface area contributed by atoms with Crippen LogP contribution in [0.1, 0.15) is 128 Å². The van der Waals surface area contributed by atoms with Gasteiger partial charge in [0.2, 0.25) is 11.8 Å². The van der Waals surface area contributed by atoms with Crippen LogP contribution in [0.4, 0.5) is 17.1 Å². The number of nitrogens with zero attached hydrogens (tertiary/aromatic N) is 7. The second kappa shape index (κ2) is 28.6. The number of hydrogen-bond acceptors (Lipinski definition) is 15. The van der Waals surface area contributed by atoms with Gasteiger partial charge >= 0.3 is 0 Å². The number of nitro benzene ring substituents is 1. The number of unbranched alkanes of at least 4 members (excludes halogenated alkanes) is 4. The highest BCUT2D eigenvalue weighted by molar-refractivity contribution is 7.90. The summed E-state index contributed by atoms with van der Waals surface area (Å²) >= 11 is 6.28. The molecule has 6 aromatic rings. The fourth-order valence-corrected chi connectivity index (χ4v) is 14.2. The predicted molar refractivity (Wildman–Crippen MR) is 353 cm³/mol. The third-order valence-electron chi connectivity index (χ3n) is 18.5. The molecule has 1 atom stereocenters. The van der Waals surface area contributed by atoms with Crippen molar-refractivity contribution in [2.24, 2.45) is 11.3 Å². The highest BCUT2D eigenvalue weighted by atomic mass is 35.5. The maximum atomic E-state index is 14.2. The van der Waals surface area contributed by atoms with Crippen LogP contribution < -0.4 is 25.0 Å². The molecule has 0 spiro atoms. The van der Waals surface area contributed by atoms with Crippen molar-refractivity contribution in [2.45, 2.75) is 108 Å². The molecule has 0 saturated carbocycles. The number of piperazine rings is 1. The van der Waals surface area contributed by atoms with Crippen molar-refractivity contribution in [1.82, 2.24) is 39.6 Å². The van der Waals surface area contributed by atoms with E-state index < -0.39 is 43.4 Å². The van der Waals surface area contributed by atoms with Gasteiger partial charge in [0.05, 0.1) is 21.6 Å². The average molecular weight is 1270 g/mol. The molecule has 3 saturated heterocycles. The highest BCUT2D eigenvalue weighted by Crippen LogP contribution is 2.44. The number of anilines is 2. The number of amides is 4. The normalized spacial score (nSPS) is 18.3. The molecule has 1 aliphatic carbocycles. The fraction of sp³-hybridized carbons (Fsp3) is 0.435. The van der Waals surface area contributed by atoms with E-state index in [-0.39, 0.29) is 46.6 Å². The average Bonchev–Trinajstić information content (AvgIpc) is 1.80. The number of pyridine rings is 1. The number of aromatic nitrogens is 2. The number of carbonyl (C=O) groups is 4. The first kappa shape index (κ1) is 64.4. The van der Waals surface area contributed by atoms with Crippen LogP contribution in [-0.4, -0.2) is 152 Å². The number of hydrogen-bond donors (Lipinski definition) is 4. The first-order valence-electron chi connectivity index (χ1n) is 31.8. The Morgan fingerprint density at radius 3 is 2.47 bits per heavy atom. The van der Waals surface area contributed by atoms with Gasteiger partial charge in [-0.15, -0.1) is 0 Å². The second-order valence-corrected chi connectivity index (χ2v) is 27.7. The van der Waals surface area contributed by atoms with Gasteiger partial charge in [-0.3, -0.25) is 39.5 Å². The van der Waals surface area contributed by atoms with E-state index in [1.165, 1.54) is 35.0 Å². The summed E-state index contributed by atoms with van der Waals surface area (Å²) in [6.07, 6.45) is 13.8. The molecule has 2 aromatic heterocycles. The topological polar surface area (TPSA) is 236 Å². The summed E-state index contributed by atoms with van der Waals surface area (Å²) in [5.74, 6) is 5.38. The first-order valence-corrected chi connectivity index (χ1v) is 33.6. The molecule has 0 radical (unpaired) electrons. The molecule has 4 aliphatic heterocycles. The summed E-state index contributed by atoms with van der Waals surface area (Å²) in [7, 11) is -2.47. The molecule has 5 aliphatic rings. The summed E-state index contributed by atoms with van der Waals surface area (Å²) in [5, 5.41) is 19.6. The lowest BCUT2D eigenvalue weighted by atomic mass is 9.72. The van der Waals surface area contributed by atoms with E-state index in [1.807, 2.05) is 30.3 Å². The van der Waals surface area contributed by atoms with Crippen LogP contribution in [0.3, 0.4) is 0 Å². The molecule has 4 N–H and O–H groups in total. The Hall–Kier alpha value is -8.13. The van der Waals surface area contributed by atoms with Crippen molar-refractivity contribution < 1.29 is 37.3 Å². The van der Waals surface area contributed by atoms with Gasteiger partial charge in [0, 0.05) is 117 Å². The van der Waals surface area contributed by atoms with Gasteiger partial charge in [0.25, 0.3) is 27.5 Å². The number of fused-ring (bicyclic) bond motifs is 2. The molecule has 11 rings (SSSR count).